The number of rotatable bonds is 7. The summed E-state index contributed by atoms with van der Waals surface area (Å²) in [5, 5.41) is 2.90. The molecule has 0 saturated carbocycles. The number of carbonyl (C=O) groups excluding carboxylic acids is 1. The fourth-order valence-corrected chi connectivity index (χ4v) is 3.26. The number of ether oxygens (including phenoxy) is 1. The highest BCUT2D eigenvalue weighted by atomic mass is 35.5. The monoisotopic (exact) mass is 362 g/mol. The third kappa shape index (κ3) is 7.08. The number of thioether (sulfide) groups is 1. The van der Waals surface area contributed by atoms with Crippen LogP contribution in [0.5, 0.6) is 0 Å². The van der Waals surface area contributed by atoms with Gasteiger partial charge in [-0.25, -0.2) is 4.39 Å². The minimum absolute atomic E-state index is 0. The number of halogens is 2. The number of hydrogen-bond acceptors (Lipinski definition) is 4. The van der Waals surface area contributed by atoms with Crippen LogP contribution >= 0.6 is 24.2 Å². The van der Waals surface area contributed by atoms with Crippen molar-refractivity contribution in [3.63, 3.8) is 0 Å². The van der Waals surface area contributed by atoms with E-state index >= 15 is 0 Å². The molecule has 3 N–H and O–H groups in total. The van der Waals surface area contributed by atoms with Gasteiger partial charge in [-0.05, 0) is 55.2 Å². The summed E-state index contributed by atoms with van der Waals surface area (Å²) >= 11 is 1.65. The maximum absolute atomic E-state index is 12.8. The van der Waals surface area contributed by atoms with Crippen LogP contribution in [-0.2, 0) is 9.53 Å². The first-order chi connectivity index (χ1) is 10.7. The van der Waals surface area contributed by atoms with E-state index in [4.69, 9.17) is 10.5 Å². The molecule has 7 heteroatoms. The molecule has 130 valence electrons. The van der Waals surface area contributed by atoms with Crippen LogP contribution in [0.3, 0.4) is 0 Å². The zero-order chi connectivity index (χ0) is 15.8. The largest absolute Gasteiger partial charge is 0.381 e. The summed E-state index contributed by atoms with van der Waals surface area (Å²) in [6.07, 6.45) is 2.57. The highest BCUT2D eigenvalue weighted by Gasteiger charge is 2.26. The Hall–Kier alpha value is -0.820. The second kappa shape index (κ2) is 10.9. The molecular formula is C16H24ClFN2O2S. The Kier molecular flexibility index (Phi) is 9.55. The van der Waals surface area contributed by atoms with E-state index in [0.29, 0.717) is 19.8 Å². The van der Waals surface area contributed by atoms with Gasteiger partial charge in [0.05, 0.1) is 6.04 Å². The first-order valence-electron chi connectivity index (χ1n) is 7.66. The molecule has 0 radical (unpaired) electrons. The Morgan fingerprint density at radius 2 is 2.00 bits per heavy atom. The molecule has 1 aliphatic rings. The second-order valence-corrected chi connectivity index (χ2v) is 6.59. The molecular weight excluding hydrogens is 339 g/mol. The van der Waals surface area contributed by atoms with Crippen LogP contribution in [0, 0.1) is 11.7 Å². The molecule has 1 aromatic rings. The van der Waals surface area contributed by atoms with Gasteiger partial charge in [-0.3, -0.25) is 4.79 Å². The average molecular weight is 363 g/mol. The van der Waals surface area contributed by atoms with Gasteiger partial charge in [-0.2, -0.15) is 0 Å². The molecule has 1 fully saturated rings. The Bertz CT molecular complexity index is 470. The summed E-state index contributed by atoms with van der Waals surface area (Å²) in [4.78, 5) is 13.0. The lowest BCUT2D eigenvalue weighted by Crippen LogP contribution is -2.47. The Labute approximate surface area is 147 Å². The van der Waals surface area contributed by atoms with Crippen LogP contribution in [0.2, 0.25) is 0 Å². The number of amides is 1. The normalized spacial score (nSPS) is 16.4. The molecule has 1 aliphatic heterocycles. The molecule has 1 saturated heterocycles. The lowest BCUT2D eigenvalue weighted by Gasteiger charge is -2.26. The molecule has 1 aromatic carbocycles. The van der Waals surface area contributed by atoms with E-state index in [2.05, 4.69) is 5.32 Å². The van der Waals surface area contributed by atoms with Crippen molar-refractivity contribution in [2.24, 2.45) is 11.7 Å². The molecule has 1 amide bonds. The van der Waals surface area contributed by atoms with Crippen LogP contribution in [0.15, 0.2) is 29.2 Å². The summed E-state index contributed by atoms with van der Waals surface area (Å²) in [5.41, 5.74) is 6.00. The lowest BCUT2D eigenvalue weighted by atomic mass is 9.92. The fraction of sp³-hybridized carbons (Fsp3) is 0.562. The van der Waals surface area contributed by atoms with E-state index in [0.717, 1.165) is 29.9 Å². The van der Waals surface area contributed by atoms with E-state index in [1.807, 2.05) is 0 Å². The zero-order valence-electron chi connectivity index (χ0n) is 13.0. The van der Waals surface area contributed by atoms with E-state index in [9.17, 15) is 9.18 Å². The number of nitrogens with two attached hydrogens (primary N) is 1. The molecule has 23 heavy (non-hydrogen) atoms. The van der Waals surface area contributed by atoms with Gasteiger partial charge in [-0.1, -0.05) is 0 Å². The second-order valence-electron chi connectivity index (χ2n) is 5.42. The van der Waals surface area contributed by atoms with Crippen LogP contribution in [0.4, 0.5) is 4.39 Å². The Morgan fingerprint density at radius 1 is 1.35 bits per heavy atom. The van der Waals surface area contributed by atoms with Crippen molar-refractivity contribution in [1.29, 1.82) is 0 Å². The molecule has 0 bridgehead atoms. The molecule has 2 rings (SSSR count). The van der Waals surface area contributed by atoms with Crippen LogP contribution in [-0.4, -0.2) is 37.5 Å². The maximum atomic E-state index is 12.8. The van der Waals surface area contributed by atoms with Crippen molar-refractivity contribution in [2.45, 2.75) is 30.2 Å². The minimum Gasteiger partial charge on any atom is -0.381 e. The minimum atomic E-state index is -0.436. The van der Waals surface area contributed by atoms with E-state index < -0.39 is 6.04 Å². The molecule has 0 aliphatic carbocycles. The van der Waals surface area contributed by atoms with Gasteiger partial charge < -0.3 is 15.8 Å². The summed E-state index contributed by atoms with van der Waals surface area (Å²) in [5.74, 6) is 0.804. The third-order valence-corrected chi connectivity index (χ3v) is 4.88. The highest BCUT2D eigenvalue weighted by molar-refractivity contribution is 7.99. The van der Waals surface area contributed by atoms with Crippen molar-refractivity contribution >= 4 is 30.1 Å². The van der Waals surface area contributed by atoms with E-state index in [-0.39, 0.29) is 30.0 Å². The smallest absolute Gasteiger partial charge is 0.237 e. The average Bonchev–Trinajstić information content (AvgIpc) is 2.56. The van der Waals surface area contributed by atoms with Crippen LogP contribution in [0.1, 0.15) is 19.3 Å². The summed E-state index contributed by atoms with van der Waals surface area (Å²) < 4.78 is 18.0. The maximum Gasteiger partial charge on any atom is 0.237 e. The van der Waals surface area contributed by atoms with Gasteiger partial charge in [0.25, 0.3) is 0 Å². The zero-order valence-corrected chi connectivity index (χ0v) is 14.6. The predicted molar refractivity (Wildman–Crippen MR) is 93.5 cm³/mol. The van der Waals surface area contributed by atoms with Gasteiger partial charge in [0.1, 0.15) is 5.82 Å². The lowest BCUT2D eigenvalue weighted by molar-refractivity contribution is -0.124. The highest BCUT2D eigenvalue weighted by Crippen LogP contribution is 2.19. The fourth-order valence-electron chi connectivity index (χ4n) is 2.41. The van der Waals surface area contributed by atoms with Crippen molar-refractivity contribution < 1.29 is 13.9 Å². The number of hydrogen-bond donors (Lipinski definition) is 2. The molecule has 4 nitrogen and oxygen atoms in total. The first-order valence-corrected chi connectivity index (χ1v) is 8.65. The summed E-state index contributed by atoms with van der Waals surface area (Å²) in [6, 6.07) is 6.00. The third-order valence-electron chi connectivity index (χ3n) is 3.78. The van der Waals surface area contributed by atoms with Crippen molar-refractivity contribution in [2.75, 3.05) is 25.5 Å². The van der Waals surface area contributed by atoms with Gasteiger partial charge in [-0.15, -0.1) is 24.2 Å². The van der Waals surface area contributed by atoms with E-state index in [1.165, 1.54) is 12.1 Å². The number of benzene rings is 1. The number of carbonyl (C=O) groups is 1. The Morgan fingerprint density at radius 3 is 2.65 bits per heavy atom. The predicted octanol–water partition coefficient (Wildman–Crippen LogP) is 2.60. The van der Waals surface area contributed by atoms with Crippen molar-refractivity contribution in [1.82, 2.24) is 5.32 Å². The summed E-state index contributed by atoms with van der Waals surface area (Å²) in [7, 11) is 0. The summed E-state index contributed by atoms with van der Waals surface area (Å²) in [6.45, 7) is 2.00. The molecule has 1 atom stereocenters. The van der Waals surface area contributed by atoms with Crippen LogP contribution in [0.25, 0.3) is 0 Å². The number of nitrogens with one attached hydrogen (secondary N) is 1. The van der Waals surface area contributed by atoms with Crippen LogP contribution < -0.4 is 11.1 Å². The first kappa shape index (κ1) is 20.2. The molecule has 0 spiro atoms. The Balaban J connectivity index is 0.00000264. The van der Waals surface area contributed by atoms with Gasteiger partial charge >= 0.3 is 0 Å². The molecule has 1 unspecified atom stereocenters. The topological polar surface area (TPSA) is 64.4 Å². The van der Waals surface area contributed by atoms with Gasteiger partial charge in [0, 0.05) is 24.7 Å². The standard InChI is InChI=1S/C16H23FN2O2S.ClH/c17-13-2-4-14(5-3-13)22-11-1-8-19-16(20)15(18)12-6-9-21-10-7-12;/h2-5,12,15H,1,6-11,18H2,(H,19,20);1H. The van der Waals surface area contributed by atoms with Gasteiger partial charge in [0.2, 0.25) is 5.91 Å². The SMILES string of the molecule is Cl.NC(C(=O)NCCCSc1ccc(F)cc1)C1CCOCC1. The van der Waals surface area contributed by atoms with Crippen molar-refractivity contribution in [3.05, 3.63) is 30.1 Å². The van der Waals surface area contributed by atoms with Crippen molar-refractivity contribution in [3.8, 4) is 0 Å². The van der Waals surface area contributed by atoms with Gasteiger partial charge in [0.15, 0.2) is 0 Å². The quantitative estimate of drug-likeness (QED) is 0.578. The molecule has 1 heterocycles. The molecule has 0 aromatic heterocycles. The van der Waals surface area contributed by atoms with E-state index in [1.54, 1.807) is 23.9 Å².